The average Bonchev–Trinajstić information content (AvgIpc) is 3.64. The van der Waals surface area contributed by atoms with Gasteiger partial charge in [-0.25, -0.2) is 0 Å². The molecule has 2 N–H and O–H groups in total. The number of aromatic amines is 1. The predicted molar refractivity (Wildman–Crippen MR) is 138 cm³/mol. The van der Waals surface area contributed by atoms with Crippen LogP contribution in [-0.4, -0.2) is 90.7 Å². The van der Waals surface area contributed by atoms with E-state index in [1.54, 1.807) is 16.2 Å². The molecule has 0 radical (unpaired) electrons. The number of carbonyl (C=O) groups is 1. The number of fused-ring (bicyclic) bond motifs is 3. The van der Waals surface area contributed by atoms with Crippen molar-refractivity contribution in [1.82, 2.24) is 30.2 Å². The number of hydrogen-bond donors (Lipinski definition) is 2. The van der Waals surface area contributed by atoms with Crippen LogP contribution in [-0.2, 0) is 17.8 Å². The highest BCUT2D eigenvalue weighted by molar-refractivity contribution is 7.08. The zero-order chi connectivity index (χ0) is 23.5. The second-order valence-corrected chi connectivity index (χ2v) is 10.4. The molecule has 0 saturated carbocycles. The van der Waals surface area contributed by atoms with Gasteiger partial charge in [-0.1, -0.05) is 12.1 Å². The number of rotatable bonds is 5. The molecule has 3 aliphatic rings. The molecule has 1 unspecified atom stereocenters. The van der Waals surface area contributed by atoms with Gasteiger partial charge in [0.1, 0.15) is 0 Å². The van der Waals surface area contributed by atoms with Crippen molar-refractivity contribution in [2.75, 3.05) is 53.4 Å². The summed E-state index contributed by atoms with van der Waals surface area (Å²) in [5.74, 6) is 0. The van der Waals surface area contributed by atoms with Crippen LogP contribution in [0.25, 0.3) is 22.5 Å². The topological polar surface area (TPSA) is 67.5 Å². The van der Waals surface area contributed by atoms with Crippen LogP contribution >= 0.6 is 11.3 Å². The Morgan fingerprint density at radius 3 is 2.74 bits per heavy atom. The maximum absolute atomic E-state index is 10.1. The molecule has 2 aromatic heterocycles. The standard InChI is InChI=1S/C21H24N4S.C5H10N2O/c1-24(2)17-5-7-25(12-17)11-14-3-4-15-10-19-20(16-6-8-26-13-16)22-23-21(19)18(15)9-14;8-5-7-3-1-6-2-4-7/h3-4,6,8-9,13,17H,5,7,10-12H2,1-2H3,(H,22,23);5-6H,1-4H2. The lowest BCUT2D eigenvalue weighted by Crippen LogP contribution is -2.42. The van der Waals surface area contributed by atoms with E-state index in [1.807, 2.05) is 0 Å². The summed E-state index contributed by atoms with van der Waals surface area (Å²) in [5, 5.41) is 15.4. The molecular formula is C26H34N6OS. The first-order chi connectivity index (χ1) is 16.6. The molecule has 0 bridgehead atoms. The van der Waals surface area contributed by atoms with E-state index in [-0.39, 0.29) is 0 Å². The van der Waals surface area contributed by atoms with Crippen LogP contribution in [0, 0.1) is 0 Å². The van der Waals surface area contributed by atoms with Gasteiger partial charge in [0.2, 0.25) is 6.41 Å². The molecule has 2 fully saturated rings. The van der Waals surface area contributed by atoms with Crippen molar-refractivity contribution in [3.8, 4) is 22.5 Å². The number of aromatic nitrogens is 2. The highest BCUT2D eigenvalue weighted by Crippen LogP contribution is 2.41. The molecule has 4 heterocycles. The quantitative estimate of drug-likeness (QED) is 0.432. The number of thiophene rings is 1. The van der Waals surface area contributed by atoms with Gasteiger partial charge < -0.3 is 15.1 Å². The Hall–Kier alpha value is -2.52. The summed E-state index contributed by atoms with van der Waals surface area (Å²) in [7, 11) is 4.38. The van der Waals surface area contributed by atoms with Crippen molar-refractivity contribution in [1.29, 1.82) is 0 Å². The lowest BCUT2D eigenvalue weighted by Gasteiger charge is -2.22. The van der Waals surface area contributed by atoms with Gasteiger partial charge in [0.05, 0.1) is 11.4 Å². The van der Waals surface area contributed by atoms with E-state index in [9.17, 15) is 4.79 Å². The van der Waals surface area contributed by atoms with Gasteiger partial charge >= 0.3 is 0 Å². The minimum absolute atomic E-state index is 0.691. The second-order valence-electron chi connectivity index (χ2n) is 9.64. The summed E-state index contributed by atoms with van der Waals surface area (Å²) in [4.78, 5) is 16.8. The molecule has 8 heteroatoms. The second kappa shape index (κ2) is 10.4. The van der Waals surface area contributed by atoms with Gasteiger partial charge in [0.15, 0.2) is 0 Å². The van der Waals surface area contributed by atoms with Crippen molar-refractivity contribution in [3.63, 3.8) is 0 Å². The molecule has 3 aromatic rings. The van der Waals surface area contributed by atoms with E-state index in [2.05, 4.69) is 74.4 Å². The van der Waals surface area contributed by atoms with E-state index in [4.69, 9.17) is 0 Å². The molecule has 34 heavy (non-hydrogen) atoms. The normalized spacial score (nSPS) is 19.6. The smallest absolute Gasteiger partial charge is 0.209 e. The van der Waals surface area contributed by atoms with Crippen LogP contribution in [0.4, 0.5) is 0 Å². The van der Waals surface area contributed by atoms with Crippen LogP contribution in [0.1, 0.15) is 23.1 Å². The van der Waals surface area contributed by atoms with Gasteiger partial charge in [-0.2, -0.15) is 16.4 Å². The Labute approximate surface area is 205 Å². The number of hydrogen-bond acceptors (Lipinski definition) is 6. The van der Waals surface area contributed by atoms with Crippen molar-refractivity contribution in [2.24, 2.45) is 0 Å². The number of benzene rings is 1. The van der Waals surface area contributed by atoms with Gasteiger partial charge in [-0.05, 0) is 49.2 Å². The lowest BCUT2D eigenvalue weighted by molar-refractivity contribution is -0.118. The molecule has 7 nitrogen and oxygen atoms in total. The monoisotopic (exact) mass is 478 g/mol. The number of nitrogens with zero attached hydrogens (tertiary/aromatic N) is 4. The Bertz CT molecular complexity index is 1100. The third kappa shape index (κ3) is 4.95. The lowest BCUT2D eigenvalue weighted by atomic mass is 10.1. The molecule has 0 spiro atoms. The first-order valence-electron chi connectivity index (χ1n) is 12.1. The number of piperazine rings is 1. The van der Waals surface area contributed by atoms with Crippen molar-refractivity contribution >= 4 is 17.7 Å². The summed E-state index contributed by atoms with van der Waals surface area (Å²) in [5.41, 5.74) is 9.08. The highest BCUT2D eigenvalue weighted by Gasteiger charge is 2.27. The molecule has 2 aliphatic heterocycles. The van der Waals surface area contributed by atoms with Crippen LogP contribution in [0.15, 0.2) is 35.0 Å². The molecule has 1 amide bonds. The Morgan fingerprint density at radius 2 is 2.06 bits per heavy atom. The van der Waals surface area contributed by atoms with E-state index in [0.29, 0.717) is 6.04 Å². The fourth-order valence-electron chi connectivity index (χ4n) is 5.12. The number of carbonyl (C=O) groups excluding carboxylic acids is 1. The van der Waals surface area contributed by atoms with E-state index >= 15 is 0 Å². The average molecular weight is 479 g/mol. The molecule has 1 aliphatic carbocycles. The maximum Gasteiger partial charge on any atom is 0.209 e. The largest absolute Gasteiger partial charge is 0.343 e. The Balaban J connectivity index is 0.000000257. The predicted octanol–water partition coefficient (Wildman–Crippen LogP) is 2.89. The van der Waals surface area contributed by atoms with Crippen molar-refractivity contribution in [2.45, 2.75) is 25.4 Å². The zero-order valence-electron chi connectivity index (χ0n) is 20.1. The summed E-state index contributed by atoms with van der Waals surface area (Å²) >= 11 is 1.73. The number of likely N-dealkylation sites (tertiary alicyclic amines) is 1. The summed E-state index contributed by atoms with van der Waals surface area (Å²) in [6, 6.07) is 9.85. The van der Waals surface area contributed by atoms with Gasteiger partial charge in [-0.3, -0.25) is 14.8 Å². The maximum atomic E-state index is 10.1. The summed E-state index contributed by atoms with van der Waals surface area (Å²) in [6.07, 6.45) is 3.16. The molecule has 2 saturated heterocycles. The van der Waals surface area contributed by atoms with Gasteiger partial charge in [0.25, 0.3) is 0 Å². The molecule has 1 aromatic carbocycles. The number of nitrogens with one attached hydrogen (secondary N) is 2. The van der Waals surface area contributed by atoms with E-state index in [0.717, 1.165) is 51.2 Å². The van der Waals surface area contributed by atoms with Crippen molar-refractivity contribution in [3.05, 3.63) is 51.7 Å². The number of amides is 1. The minimum Gasteiger partial charge on any atom is -0.343 e. The molecule has 1 atom stereocenters. The summed E-state index contributed by atoms with van der Waals surface area (Å²) < 4.78 is 0. The third-order valence-corrected chi connectivity index (χ3v) is 7.84. The first kappa shape index (κ1) is 23.2. The van der Waals surface area contributed by atoms with E-state index < -0.39 is 0 Å². The van der Waals surface area contributed by atoms with Crippen LogP contribution < -0.4 is 5.32 Å². The third-order valence-electron chi connectivity index (χ3n) is 7.16. The first-order valence-corrected chi connectivity index (χ1v) is 13.1. The number of H-pyrrole nitrogens is 1. The Kier molecular flexibility index (Phi) is 7.10. The van der Waals surface area contributed by atoms with E-state index in [1.165, 1.54) is 53.0 Å². The van der Waals surface area contributed by atoms with Gasteiger partial charge in [-0.15, -0.1) is 0 Å². The summed E-state index contributed by atoms with van der Waals surface area (Å²) in [6.45, 7) is 7.02. The molecule has 6 rings (SSSR count). The van der Waals surface area contributed by atoms with Crippen LogP contribution in [0.2, 0.25) is 0 Å². The fraction of sp³-hybridized carbons (Fsp3) is 0.462. The highest BCUT2D eigenvalue weighted by atomic mass is 32.1. The van der Waals surface area contributed by atoms with Crippen LogP contribution in [0.5, 0.6) is 0 Å². The number of likely N-dealkylation sites (N-methyl/N-ethyl adjacent to an activating group) is 1. The minimum atomic E-state index is 0.691. The van der Waals surface area contributed by atoms with Crippen LogP contribution in [0.3, 0.4) is 0 Å². The van der Waals surface area contributed by atoms with Crippen molar-refractivity contribution < 1.29 is 4.79 Å². The Morgan fingerprint density at radius 1 is 1.21 bits per heavy atom. The SMILES string of the molecule is CN(C)C1CCN(Cc2ccc3c(c2)-c2[nH]nc(-c4ccsc4)c2C3)C1.O=CN1CCNCC1. The van der Waals surface area contributed by atoms with Gasteiger partial charge in [0, 0.05) is 80.3 Å². The fourth-order valence-corrected chi connectivity index (χ4v) is 5.76. The zero-order valence-corrected chi connectivity index (χ0v) is 20.9. The molecular weight excluding hydrogens is 444 g/mol. The molecule has 180 valence electrons.